The van der Waals surface area contributed by atoms with Crippen LogP contribution in [0.4, 0.5) is 4.79 Å². The summed E-state index contributed by atoms with van der Waals surface area (Å²) in [5.41, 5.74) is 4.79. The molecule has 2 unspecified atom stereocenters. The van der Waals surface area contributed by atoms with Crippen LogP contribution >= 0.6 is 0 Å². The number of benzene rings is 1. The van der Waals surface area contributed by atoms with Crippen LogP contribution in [0, 0.1) is 6.92 Å². The van der Waals surface area contributed by atoms with Crippen LogP contribution in [0.1, 0.15) is 104 Å². The molecule has 0 bridgehead atoms. The van der Waals surface area contributed by atoms with Crippen LogP contribution in [-0.2, 0) is 19.1 Å². The molecule has 4 amide bonds. The van der Waals surface area contributed by atoms with E-state index in [9.17, 15) is 24.3 Å². The number of primary amides is 1. The van der Waals surface area contributed by atoms with Gasteiger partial charge in [-0.15, -0.1) is 0 Å². The highest BCUT2D eigenvalue weighted by molar-refractivity contribution is 5.93. The highest BCUT2D eigenvalue weighted by atomic mass is 16.6. The summed E-state index contributed by atoms with van der Waals surface area (Å²) in [4.78, 5) is 53.8. The number of carbonyl (C=O) groups excluding carboxylic acids is 4. The minimum absolute atomic E-state index is 0.0663. The molecule has 10 nitrogen and oxygen atoms in total. The highest BCUT2D eigenvalue weighted by Crippen LogP contribution is 2.34. The normalized spacial score (nSPS) is 13.2. The van der Waals surface area contributed by atoms with Crippen molar-refractivity contribution in [3.05, 3.63) is 29.3 Å². The van der Waals surface area contributed by atoms with Crippen molar-refractivity contribution in [2.45, 2.75) is 117 Å². The fourth-order valence-corrected chi connectivity index (χ4v) is 4.06. The number of amides is 4. The van der Waals surface area contributed by atoms with Gasteiger partial charge in [-0.1, -0.05) is 32.8 Å². The van der Waals surface area contributed by atoms with Gasteiger partial charge in [-0.2, -0.15) is 0 Å². The highest BCUT2D eigenvalue weighted by Gasteiger charge is 2.43. The predicted octanol–water partition coefficient (Wildman–Crippen LogP) is 4.22. The van der Waals surface area contributed by atoms with E-state index in [-0.39, 0.29) is 24.5 Å². The Bertz CT molecular complexity index is 1000. The van der Waals surface area contributed by atoms with Crippen molar-refractivity contribution >= 4 is 23.8 Å². The molecule has 0 aliphatic carbocycles. The van der Waals surface area contributed by atoms with Gasteiger partial charge in [0.2, 0.25) is 17.7 Å². The molecule has 0 spiro atoms. The van der Waals surface area contributed by atoms with E-state index in [1.807, 2.05) is 20.8 Å². The Morgan fingerprint density at radius 1 is 1.08 bits per heavy atom. The second-order valence-electron chi connectivity index (χ2n) is 11.5. The topological polar surface area (TPSA) is 151 Å². The van der Waals surface area contributed by atoms with E-state index in [1.165, 1.54) is 11.0 Å². The van der Waals surface area contributed by atoms with Crippen LogP contribution in [0.2, 0.25) is 0 Å². The first-order chi connectivity index (χ1) is 18.0. The molecule has 5 N–H and O–H groups in total. The van der Waals surface area contributed by atoms with Gasteiger partial charge in [-0.3, -0.25) is 14.4 Å². The second-order valence-corrected chi connectivity index (χ2v) is 11.5. The second kappa shape index (κ2) is 14.7. The fraction of sp³-hybridized carbons (Fsp3) is 0.655. The van der Waals surface area contributed by atoms with Gasteiger partial charge in [-0.05, 0) is 84.1 Å². The van der Waals surface area contributed by atoms with Crippen LogP contribution in [0.15, 0.2) is 18.2 Å². The Labute approximate surface area is 233 Å². The van der Waals surface area contributed by atoms with Crippen LogP contribution in [-0.4, -0.2) is 57.5 Å². The first kappa shape index (κ1) is 33.7. The molecule has 0 heterocycles. The summed E-state index contributed by atoms with van der Waals surface area (Å²) in [6.07, 6.45) is 2.17. The number of nitrogens with two attached hydrogens (primary N) is 1. The largest absolute Gasteiger partial charge is 0.508 e. The molecule has 1 aromatic rings. The van der Waals surface area contributed by atoms with Gasteiger partial charge in [0.1, 0.15) is 23.4 Å². The van der Waals surface area contributed by atoms with Crippen molar-refractivity contribution in [3.63, 3.8) is 0 Å². The number of alkyl carbamates (subject to hydrolysis) is 1. The summed E-state index contributed by atoms with van der Waals surface area (Å²) >= 11 is 0. The third kappa shape index (κ3) is 10.8. The molecule has 220 valence electrons. The molecule has 0 aliphatic heterocycles. The fourth-order valence-electron chi connectivity index (χ4n) is 4.06. The summed E-state index contributed by atoms with van der Waals surface area (Å²) in [6.45, 7) is 14.9. The Balaban J connectivity index is 3.64. The number of phenols is 1. The number of phenolic OH excluding ortho intramolecular Hbond substituents is 1. The van der Waals surface area contributed by atoms with E-state index in [1.54, 1.807) is 39.8 Å². The number of hydrogen-bond donors (Lipinski definition) is 4. The van der Waals surface area contributed by atoms with Gasteiger partial charge in [0, 0.05) is 18.5 Å². The summed E-state index contributed by atoms with van der Waals surface area (Å²) in [6, 6.07) is 2.55. The van der Waals surface area contributed by atoms with E-state index in [4.69, 9.17) is 10.5 Å². The van der Waals surface area contributed by atoms with E-state index in [0.29, 0.717) is 24.1 Å². The maximum Gasteiger partial charge on any atom is 0.408 e. The number of aryl methyl sites for hydroxylation is 1. The zero-order valence-electron chi connectivity index (χ0n) is 24.8. The lowest BCUT2D eigenvalue weighted by Crippen LogP contribution is -2.59. The first-order valence-electron chi connectivity index (χ1n) is 13.7. The molecule has 1 rings (SSSR count). The van der Waals surface area contributed by atoms with Crippen molar-refractivity contribution in [1.82, 2.24) is 15.5 Å². The monoisotopic (exact) mass is 548 g/mol. The molecule has 0 saturated heterocycles. The molecule has 0 radical (unpaired) electrons. The van der Waals surface area contributed by atoms with Crippen molar-refractivity contribution in [2.24, 2.45) is 5.73 Å². The van der Waals surface area contributed by atoms with Crippen LogP contribution in [0.5, 0.6) is 5.75 Å². The Morgan fingerprint density at radius 3 is 2.23 bits per heavy atom. The lowest BCUT2D eigenvalue weighted by molar-refractivity contribution is -0.149. The van der Waals surface area contributed by atoms with E-state index in [2.05, 4.69) is 17.6 Å². The third-order valence-corrected chi connectivity index (χ3v) is 6.55. The number of carbonyl (C=O) groups is 4. The lowest BCUT2D eigenvalue weighted by atomic mass is 9.91. The van der Waals surface area contributed by atoms with E-state index >= 15 is 0 Å². The molecule has 0 aliphatic rings. The van der Waals surface area contributed by atoms with Crippen molar-refractivity contribution in [2.75, 3.05) is 6.54 Å². The number of nitrogens with zero attached hydrogens (tertiary/aromatic N) is 1. The Kier molecular flexibility index (Phi) is 12.8. The third-order valence-electron chi connectivity index (χ3n) is 6.55. The molecular weight excluding hydrogens is 500 g/mol. The zero-order chi connectivity index (χ0) is 30.0. The molecule has 0 fully saturated rings. The summed E-state index contributed by atoms with van der Waals surface area (Å²) in [5, 5.41) is 15.7. The van der Waals surface area contributed by atoms with Crippen molar-refractivity contribution in [1.29, 1.82) is 0 Å². The quantitative estimate of drug-likeness (QED) is 0.256. The predicted molar refractivity (Wildman–Crippen MR) is 151 cm³/mol. The van der Waals surface area contributed by atoms with Crippen LogP contribution < -0.4 is 16.4 Å². The lowest BCUT2D eigenvalue weighted by Gasteiger charge is -2.44. The molecule has 39 heavy (non-hydrogen) atoms. The molecule has 10 heteroatoms. The number of unbranched alkanes of at least 4 members (excludes halogenated alkanes) is 2. The summed E-state index contributed by atoms with van der Waals surface area (Å²) in [7, 11) is 0. The molecule has 0 saturated carbocycles. The molecular formula is C29H48N4O6. The number of hydrogen-bond acceptors (Lipinski definition) is 6. The number of aromatic hydroxyl groups is 1. The number of nitrogens with one attached hydrogen (secondary N) is 2. The minimum atomic E-state index is -1.17. The molecule has 0 aromatic heterocycles. The molecule has 2 atom stereocenters. The average Bonchev–Trinajstić information content (AvgIpc) is 2.82. The maximum absolute atomic E-state index is 14.3. The first-order valence-corrected chi connectivity index (χ1v) is 13.7. The SMILES string of the molecule is CCCCCNC(=O)C(c1ccc(O)c(C)c1)N(C(=O)C(CCC(N)=O)NC(=O)OC(C)(C)C)C(C)(C)CC. The van der Waals surface area contributed by atoms with Gasteiger partial charge in [0.25, 0.3) is 0 Å². The van der Waals surface area contributed by atoms with Crippen molar-refractivity contribution < 1.29 is 29.0 Å². The maximum atomic E-state index is 14.3. The van der Waals surface area contributed by atoms with E-state index < -0.39 is 41.1 Å². The number of rotatable bonds is 14. The van der Waals surface area contributed by atoms with Crippen molar-refractivity contribution in [3.8, 4) is 5.75 Å². The Morgan fingerprint density at radius 2 is 1.72 bits per heavy atom. The average molecular weight is 549 g/mol. The van der Waals surface area contributed by atoms with Gasteiger partial charge in [0.05, 0.1) is 0 Å². The summed E-state index contributed by atoms with van der Waals surface area (Å²) < 4.78 is 5.37. The van der Waals surface area contributed by atoms with Gasteiger partial charge in [0.15, 0.2) is 0 Å². The summed E-state index contributed by atoms with van der Waals surface area (Å²) in [5.74, 6) is -1.48. The zero-order valence-corrected chi connectivity index (χ0v) is 24.8. The van der Waals surface area contributed by atoms with Gasteiger partial charge >= 0.3 is 6.09 Å². The molecule has 1 aromatic carbocycles. The van der Waals surface area contributed by atoms with Crippen LogP contribution in [0.3, 0.4) is 0 Å². The van der Waals surface area contributed by atoms with Gasteiger partial charge in [-0.25, -0.2) is 4.79 Å². The smallest absolute Gasteiger partial charge is 0.408 e. The van der Waals surface area contributed by atoms with Crippen LogP contribution in [0.25, 0.3) is 0 Å². The Hall–Kier alpha value is -3.30. The van der Waals surface area contributed by atoms with E-state index in [0.717, 1.165) is 19.3 Å². The number of ether oxygens (including phenoxy) is 1. The van der Waals surface area contributed by atoms with Gasteiger partial charge < -0.3 is 31.1 Å². The standard InChI is InChI=1S/C29H48N4O6/c1-9-11-12-17-31-25(36)24(20-13-15-22(34)19(3)18-20)33(29(7,8)10-2)26(37)21(14-16-23(30)35)32-27(38)39-28(4,5)6/h13,15,18,21,24,34H,9-12,14,16-17H2,1-8H3,(H2,30,35)(H,31,36)(H,32,38). The minimum Gasteiger partial charge on any atom is -0.508 e.